The summed E-state index contributed by atoms with van der Waals surface area (Å²) in [5.74, 6) is 0.614. The van der Waals surface area contributed by atoms with Crippen molar-refractivity contribution in [1.29, 1.82) is 0 Å². The first-order valence-electron chi connectivity index (χ1n) is 5.78. The highest BCUT2D eigenvalue weighted by Crippen LogP contribution is 2.33. The average Bonchev–Trinajstić information content (AvgIpc) is 2.59. The van der Waals surface area contributed by atoms with Crippen molar-refractivity contribution >= 4 is 22.9 Å². The van der Waals surface area contributed by atoms with Crippen LogP contribution in [0.2, 0.25) is 4.34 Å². The number of nitrogens with zero attached hydrogens (tertiary/aromatic N) is 1. The molecular formula is C14H16ClNS. The van der Waals surface area contributed by atoms with Crippen LogP contribution in [0.15, 0.2) is 24.3 Å². The maximum absolute atomic E-state index is 6.26. The summed E-state index contributed by atoms with van der Waals surface area (Å²) in [6.07, 6.45) is 0.996. The summed E-state index contributed by atoms with van der Waals surface area (Å²) in [6, 6.07) is 8.34. The molecule has 0 bridgehead atoms. The minimum atomic E-state index is 0.614. The van der Waals surface area contributed by atoms with Crippen LogP contribution in [0.1, 0.15) is 24.4 Å². The van der Waals surface area contributed by atoms with Crippen LogP contribution in [0.5, 0.6) is 0 Å². The van der Waals surface area contributed by atoms with E-state index in [1.54, 1.807) is 11.3 Å². The highest BCUT2D eigenvalue weighted by Gasteiger charge is 2.12. The van der Waals surface area contributed by atoms with Gasteiger partial charge in [-0.3, -0.25) is 0 Å². The first-order chi connectivity index (χ1) is 8.06. The van der Waals surface area contributed by atoms with Crippen LogP contribution in [0.25, 0.3) is 11.3 Å². The van der Waals surface area contributed by atoms with Gasteiger partial charge in [-0.15, -0.1) is 11.3 Å². The van der Waals surface area contributed by atoms with Gasteiger partial charge < -0.3 is 0 Å². The molecule has 0 aliphatic rings. The molecular weight excluding hydrogens is 250 g/mol. The standard InChI is InChI=1S/C14H16ClNS/c1-9(2)8-12-16-13(14(15)17-12)11-6-4-10(3)5-7-11/h4-7,9H,8H2,1-3H3. The zero-order chi connectivity index (χ0) is 12.4. The van der Waals surface area contributed by atoms with E-state index in [1.807, 2.05) is 0 Å². The van der Waals surface area contributed by atoms with Gasteiger partial charge >= 0.3 is 0 Å². The molecule has 0 spiro atoms. The number of hydrogen-bond donors (Lipinski definition) is 0. The van der Waals surface area contributed by atoms with Crippen molar-refractivity contribution in [2.45, 2.75) is 27.2 Å². The van der Waals surface area contributed by atoms with E-state index in [-0.39, 0.29) is 0 Å². The largest absolute Gasteiger partial charge is 0.240 e. The molecule has 1 aromatic heterocycles. The Bertz CT molecular complexity index is 499. The second-order valence-corrected chi connectivity index (χ2v) is 6.38. The minimum absolute atomic E-state index is 0.614. The van der Waals surface area contributed by atoms with Crippen molar-refractivity contribution < 1.29 is 0 Å². The van der Waals surface area contributed by atoms with Gasteiger partial charge in [0, 0.05) is 12.0 Å². The molecule has 0 amide bonds. The lowest BCUT2D eigenvalue weighted by atomic mass is 10.1. The quantitative estimate of drug-likeness (QED) is 0.763. The van der Waals surface area contributed by atoms with Crippen LogP contribution < -0.4 is 0 Å². The average molecular weight is 266 g/mol. The highest BCUT2D eigenvalue weighted by atomic mass is 35.5. The number of hydrogen-bond acceptors (Lipinski definition) is 2. The molecule has 0 N–H and O–H groups in total. The summed E-state index contributed by atoms with van der Waals surface area (Å²) in [5, 5.41) is 1.13. The lowest BCUT2D eigenvalue weighted by molar-refractivity contribution is 0.645. The van der Waals surface area contributed by atoms with Gasteiger partial charge in [-0.05, 0) is 12.8 Å². The van der Waals surface area contributed by atoms with Gasteiger partial charge in [0.05, 0.1) is 5.01 Å². The van der Waals surface area contributed by atoms with E-state index in [2.05, 4.69) is 50.0 Å². The van der Waals surface area contributed by atoms with Gasteiger partial charge in [0.1, 0.15) is 10.0 Å². The lowest BCUT2D eigenvalue weighted by Gasteiger charge is -1.99. The number of halogens is 1. The second kappa shape index (κ2) is 5.19. The Morgan fingerprint density at radius 1 is 1.24 bits per heavy atom. The van der Waals surface area contributed by atoms with E-state index in [0.29, 0.717) is 5.92 Å². The molecule has 0 unspecified atom stereocenters. The molecule has 17 heavy (non-hydrogen) atoms. The molecule has 1 aromatic carbocycles. The fraction of sp³-hybridized carbons (Fsp3) is 0.357. The highest BCUT2D eigenvalue weighted by molar-refractivity contribution is 7.16. The van der Waals surface area contributed by atoms with E-state index in [9.17, 15) is 0 Å². The Kier molecular flexibility index (Phi) is 3.85. The second-order valence-electron chi connectivity index (χ2n) is 4.69. The molecule has 1 nitrogen and oxygen atoms in total. The summed E-state index contributed by atoms with van der Waals surface area (Å²) in [5.41, 5.74) is 3.28. The van der Waals surface area contributed by atoms with Crippen molar-refractivity contribution in [3.63, 3.8) is 0 Å². The molecule has 3 heteroatoms. The number of thiazole rings is 1. The van der Waals surface area contributed by atoms with Gasteiger partial charge in [-0.2, -0.15) is 0 Å². The molecule has 0 atom stereocenters. The number of benzene rings is 1. The maximum Gasteiger partial charge on any atom is 0.121 e. The van der Waals surface area contributed by atoms with Crippen molar-refractivity contribution in [3.8, 4) is 11.3 Å². The maximum atomic E-state index is 6.26. The lowest BCUT2D eigenvalue weighted by Crippen LogP contribution is -1.92. The Balaban J connectivity index is 2.32. The van der Waals surface area contributed by atoms with E-state index in [1.165, 1.54) is 5.56 Å². The van der Waals surface area contributed by atoms with Crippen LogP contribution in [0.4, 0.5) is 0 Å². The summed E-state index contributed by atoms with van der Waals surface area (Å²) < 4.78 is 0.796. The van der Waals surface area contributed by atoms with Crippen LogP contribution in [0.3, 0.4) is 0 Å². The molecule has 2 aromatic rings. The third-order valence-corrected chi connectivity index (χ3v) is 3.81. The molecule has 0 saturated heterocycles. The fourth-order valence-electron chi connectivity index (χ4n) is 1.67. The van der Waals surface area contributed by atoms with Gasteiger partial charge in [0.2, 0.25) is 0 Å². The molecule has 0 saturated carbocycles. The van der Waals surface area contributed by atoms with Gasteiger partial charge in [-0.25, -0.2) is 4.98 Å². The SMILES string of the molecule is Cc1ccc(-c2nc(CC(C)C)sc2Cl)cc1. The van der Waals surface area contributed by atoms with Crippen molar-refractivity contribution in [2.75, 3.05) is 0 Å². The van der Waals surface area contributed by atoms with Crippen LogP contribution >= 0.6 is 22.9 Å². The molecule has 90 valence electrons. The van der Waals surface area contributed by atoms with Crippen LogP contribution in [-0.4, -0.2) is 4.98 Å². The third-order valence-electron chi connectivity index (χ3n) is 2.54. The number of rotatable bonds is 3. The Labute approximate surface area is 111 Å². The topological polar surface area (TPSA) is 12.9 Å². The van der Waals surface area contributed by atoms with E-state index < -0.39 is 0 Å². The Hall–Kier alpha value is -0.860. The molecule has 0 fully saturated rings. The Morgan fingerprint density at radius 2 is 1.88 bits per heavy atom. The van der Waals surface area contributed by atoms with Crippen LogP contribution in [-0.2, 0) is 6.42 Å². The molecule has 0 aliphatic heterocycles. The summed E-state index contributed by atoms with van der Waals surface area (Å²) in [6.45, 7) is 6.47. The number of aromatic nitrogens is 1. The molecule has 0 radical (unpaired) electrons. The summed E-state index contributed by atoms with van der Waals surface area (Å²) in [4.78, 5) is 4.64. The van der Waals surface area contributed by atoms with E-state index in [0.717, 1.165) is 27.0 Å². The first kappa shape index (κ1) is 12.6. The van der Waals surface area contributed by atoms with Crippen LogP contribution in [0, 0.1) is 12.8 Å². The zero-order valence-electron chi connectivity index (χ0n) is 10.3. The van der Waals surface area contributed by atoms with Gasteiger partial charge in [0.25, 0.3) is 0 Å². The van der Waals surface area contributed by atoms with Crippen molar-refractivity contribution in [2.24, 2.45) is 5.92 Å². The third kappa shape index (κ3) is 3.08. The molecule has 1 heterocycles. The number of aryl methyl sites for hydroxylation is 1. The normalized spacial score (nSPS) is 11.1. The molecule has 2 rings (SSSR count). The summed E-state index contributed by atoms with van der Waals surface area (Å²) >= 11 is 7.85. The smallest absolute Gasteiger partial charge is 0.121 e. The van der Waals surface area contributed by atoms with Gasteiger partial charge in [-0.1, -0.05) is 55.3 Å². The van der Waals surface area contributed by atoms with Crippen molar-refractivity contribution in [3.05, 3.63) is 39.2 Å². The predicted molar refractivity (Wildman–Crippen MR) is 75.8 cm³/mol. The minimum Gasteiger partial charge on any atom is -0.240 e. The Morgan fingerprint density at radius 3 is 2.47 bits per heavy atom. The molecule has 0 aliphatic carbocycles. The summed E-state index contributed by atoms with van der Waals surface area (Å²) in [7, 11) is 0. The van der Waals surface area contributed by atoms with Crippen molar-refractivity contribution in [1.82, 2.24) is 4.98 Å². The van der Waals surface area contributed by atoms with E-state index >= 15 is 0 Å². The monoisotopic (exact) mass is 265 g/mol. The van der Waals surface area contributed by atoms with Gasteiger partial charge in [0.15, 0.2) is 0 Å². The predicted octanol–water partition coefficient (Wildman–Crippen LogP) is 4.97. The van der Waals surface area contributed by atoms with E-state index in [4.69, 9.17) is 11.6 Å². The fourth-order valence-corrected chi connectivity index (χ4v) is 3.11. The first-order valence-corrected chi connectivity index (χ1v) is 6.98. The zero-order valence-corrected chi connectivity index (χ0v) is 11.9.